The van der Waals surface area contributed by atoms with Crippen LogP contribution in [0.1, 0.15) is 22.4 Å². The number of allylic oxidation sites excluding steroid dienone is 2. The summed E-state index contributed by atoms with van der Waals surface area (Å²) in [6.45, 7) is 0.363. The van der Waals surface area contributed by atoms with Crippen LogP contribution >= 0.6 is 23.2 Å². The van der Waals surface area contributed by atoms with Crippen LogP contribution in [0.3, 0.4) is 0 Å². The average molecular weight is 608 g/mol. The van der Waals surface area contributed by atoms with Crippen molar-refractivity contribution in [2.75, 3.05) is 14.2 Å². The van der Waals surface area contributed by atoms with E-state index < -0.39 is 17.5 Å². The quantitative estimate of drug-likeness (QED) is 0.153. The number of halogens is 2. The van der Waals surface area contributed by atoms with Crippen LogP contribution in [0.4, 0.5) is 0 Å². The molecule has 9 nitrogen and oxygen atoms in total. The number of nitrogens with zero attached hydrogens (tertiary/aromatic N) is 3. The summed E-state index contributed by atoms with van der Waals surface area (Å²) in [4.78, 5) is 26.7. The van der Waals surface area contributed by atoms with Gasteiger partial charge < -0.3 is 19.7 Å². The van der Waals surface area contributed by atoms with Gasteiger partial charge in [-0.25, -0.2) is 4.68 Å². The fraction of sp³-hybridized carbons (Fsp3) is 0.161. The van der Waals surface area contributed by atoms with E-state index in [9.17, 15) is 19.8 Å². The van der Waals surface area contributed by atoms with Gasteiger partial charge in [0, 0.05) is 12.6 Å². The number of rotatable bonds is 12. The largest absolute Gasteiger partial charge is 0.504 e. The zero-order valence-electron chi connectivity index (χ0n) is 22.7. The van der Waals surface area contributed by atoms with Gasteiger partial charge >= 0.3 is 0 Å². The summed E-state index contributed by atoms with van der Waals surface area (Å²) >= 11 is 12.1. The molecule has 0 unspecified atom stereocenters. The van der Waals surface area contributed by atoms with E-state index in [4.69, 9.17) is 32.7 Å². The molecule has 0 aliphatic rings. The number of methoxy groups -OCH3 is 2. The molecule has 0 aliphatic carbocycles. The number of ketones is 2. The molecule has 0 radical (unpaired) electrons. The van der Waals surface area contributed by atoms with Gasteiger partial charge in [-0.15, -0.1) is 5.10 Å². The molecular weight excluding hydrogens is 581 g/mol. The Morgan fingerprint density at radius 1 is 0.857 bits per heavy atom. The molecule has 0 aliphatic heterocycles. The minimum atomic E-state index is -1.09. The summed E-state index contributed by atoms with van der Waals surface area (Å²) in [6, 6.07) is 14.5. The zero-order valence-corrected chi connectivity index (χ0v) is 24.2. The second-order valence-electron chi connectivity index (χ2n) is 9.25. The van der Waals surface area contributed by atoms with Crippen LogP contribution in [0.5, 0.6) is 23.0 Å². The number of carbonyl (C=O) groups excluding carboxylic acids is 2. The third-order valence-electron chi connectivity index (χ3n) is 6.30. The number of benzene rings is 3. The first-order valence-corrected chi connectivity index (χ1v) is 13.4. The Kier molecular flexibility index (Phi) is 10.0. The number of carbonyl (C=O) groups is 2. The first-order chi connectivity index (χ1) is 20.2. The normalized spacial score (nSPS) is 11.5. The molecule has 0 spiro atoms. The Morgan fingerprint density at radius 3 is 1.95 bits per heavy atom. The standard InChI is InChI=1S/C31H27Cl2N3O6/c1-41-30-14-19(6-11-28(30)39)4-9-26(37)23(27(38)10-5-20-7-12-29(40)31(15-20)42-2)16-22-18-36(35-34-22)17-21-3-8-24(32)25(33)13-21/h3-15,18,23,39-40H,16-17H2,1-2H3/b9-4+,10-5+. The molecule has 0 amide bonds. The van der Waals surface area contributed by atoms with Crippen molar-refractivity contribution in [1.82, 2.24) is 15.0 Å². The molecular formula is C31H27Cl2N3O6. The highest BCUT2D eigenvalue weighted by atomic mass is 35.5. The van der Waals surface area contributed by atoms with Crippen molar-refractivity contribution in [1.29, 1.82) is 0 Å². The maximum absolute atomic E-state index is 13.4. The van der Waals surface area contributed by atoms with Crippen molar-refractivity contribution < 1.29 is 29.3 Å². The number of aromatic nitrogens is 3. The molecule has 3 aromatic carbocycles. The molecule has 0 fully saturated rings. The summed E-state index contributed by atoms with van der Waals surface area (Å²) in [7, 11) is 2.85. The summed E-state index contributed by atoms with van der Waals surface area (Å²) in [5.41, 5.74) is 2.50. The van der Waals surface area contributed by atoms with Gasteiger partial charge in [-0.1, -0.05) is 58.8 Å². The van der Waals surface area contributed by atoms with Gasteiger partial charge in [0.15, 0.2) is 34.6 Å². The first-order valence-electron chi connectivity index (χ1n) is 12.7. The minimum absolute atomic E-state index is 0.00547. The number of phenolic OH excluding ortho intramolecular Hbond substituents is 2. The summed E-state index contributed by atoms with van der Waals surface area (Å²) in [5, 5.41) is 28.8. The lowest BCUT2D eigenvalue weighted by molar-refractivity contribution is -0.127. The third kappa shape index (κ3) is 7.78. The number of hydrogen-bond acceptors (Lipinski definition) is 8. The van der Waals surface area contributed by atoms with Crippen molar-refractivity contribution >= 4 is 46.9 Å². The fourth-order valence-electron chi connectivity index (χ4n) is 4.07. The number of phenols is 2. The highest BCUT2D eigenvalue weighted by Gasteiger charge is 2.25. The Morgan fingerprint density at radius 2 is 1.43 bits per heavy atom. The van der Waals surface area contributed by atoms with E-state index in [-0.39, 0.29) is 29.4 Å². The molecule has 0 saturated heterocycles. The van der Waals surface area contributed by atoms with E-state index in [1.54, 1.807) is 59.4 Å². The summed E-state index contributed by atoms with van der Waals surface area (Å²) in [5.74, 6) is -1.54. The summed E-state index contributed by atoms with van der Waals surface area (Å²) < 4.78 is 11.8. The molecule has 216 valence electrons. The van der Waals surface area contributed by atoms with E-state index in [1.807, 2.05) is 6.07 Å². The number of aromatic hydroxyl groups is 2. The maximum Gasteiger partial charge on any atom is 0.166 e. The lowest BCUT2D eigenvalue weighted by atomic mass is 9.92. The van der Waals surface area contributed by atoms with Gasteiger partial charge in [0.2, 0.25) is 0 Å². The van der Waals surface area contributed by atoms with Gasteiger partial charge in [-0.3, -0.25) is 9.59 Å². The van der Waals surface area contributed by atoms with Crippen LogP contribution in [0.15, 0.2) is 72.9 Å². The van der Waals surface area contributed by atoms with Crippen molar-refractivity contribution in [3.8, 4) is 23.0 Å². The molecule has 0 saturated carbocycles. The highest BCUT2D eigenvalue weighted by Crippen LogP contribution is 2.28. The number of ether oxygens (including phenoxy) is 2. The number of hydrogen-bond donors (Lipinski definition) is 2. The van der Waals surface area contributed by atoms with Crippen molar-refractivity contribution in [2.45, 2.75) is 13.0 Å². The maximum atomic E-state index is 13.4. The Hall–Kier alpha value is -4.60. The predicted octanol–water partition coefficient (Wildman–Crippen LogP) is 5.79. The fourth-order valence-corrected chi connectivity index (χ4v) is 4.39. The monoisotopic (exact) mass is 607 g/mol. The smallest absolute Gasteiger partial charge is 0.166 e. The van der Waals surface area contributed by atoms with E-state index in [0.29, 0.717) is 33.4 Å². The van der Waals surface area contributed by atoms with E-state index >= 15 is 0 Å². The average Bonchev–Trinajstić information content (AvgIpc) is 3.43. The molecule has 11 heteroatoms. The molecule has 4 aromatic rings. The molecule has 0 bridgehead atoms. The molecule has 1 aromatic heterocycles. The van der Waals surface area contributed by atoms with Crippen molar-refractivity contribution in [2.24, 2.45) is 5.92 Å². The van der Waals surface area contributed by atoms with Gasteiger partial charge in [-0.2, -0.15) is 0 Å². The second-order valence-corrected chi connectivity index (χ2v) is 10.1. The second kappa shape index (κ2) is 13.8. The van der Waals surface area contributed by atoms with E-state index in [1.165, 1.54) is 38.5 Å². The Bertz CT molecular complexity index is 1590. The van der Waals surface area contributed by atoms with Crippen molar-refractivity contribution in [3.05, 3.63) is 105 Å². The zero-order chi connectivity index (χ0) is 30.2. The van der Waals surface area contributed by atoms with Gasteiger partial charge in [0.1, 0.15) is 0 Å². The highest BCUT2D eigenvalue weighted by molar-refractivity contribution is 6.42. The van der Waals surface area contributed by atoms with E-state index in [0.717, 1.165) is 5.56 Å². The van der Waals surface area contributed by atoms with Crippen LogP contribution in [0, 0.1) is 5.92 Å². The van der Waals surface area contributed by atoms with Gasteiger partial charge in [0.05, 0.1) is 42.4 Å². The van der Waals surface area contributed by atoms with Crippen LogP contribution in [0.2, 0.25) is 10.0 Å². The summed E-state index contributed by atoms with van der Waals surface area (Å²) in [6.07, 6.45) is 7.38. The van der Waals surface area contributed by atoms with Crippen LogP contribution in [-0.4, -0.2) is 51.0 Å². The third-order valence-corrected chi connectivity index (χ3v) is 7.04. The topological polar surface area (TPSA) is 124 Å². The lowest BCUT2D eigenvalue weighted by Crippen LogP contribution is -2.23. The van der Waals surface area contributed by atoms with E-state index in [2.05, 4.69) is 10.3 Å². The first kappa shape index (κ1) is 30.4. The van der Waals surface area contributed by atoms with Crippen LogP contribution in [0.25, 0.3) is 12.2 Å². The van der Waals surface area contributed by atoms with Crippen molar-refractivity contribution in [3.63, 3.8) is 0 Å². The molecule has 0 atom stereocenters. The Labute approximate surface area is 252 Å². The Balaban J connectivity index is 1.57. The minimum Gasteiger partial charge on any atom is -0.504 e. The van der Waals surface area contributed by atoms with Gasteiger partial charge in [-0.05, 0) is 65.2 Å². The lowest BCUT2D eigenvalue weighted by Gasteiger charge is -2.09. The SMILES string of the molecule is COc1cc(/C=C/C(=O)C(Cc2cn(Cc3ccc(Cl)c(Cl)c3)nn2)C(=O)/C=C/c2ccc(O)c(OC)c2)ccc1O. The molecule has 2 N–H and O–H groups in total. The molecule has 1 heterocycles. The predicted molar refractivity (Wildman–Crippen MR) is 160 cm³/mol. The molecule has 4 rings (SSSR count). The van der Waals surface area contributed by atoms with Gasteiger partial charge in [0.25, 0.3) is 0 Å². The van der Waals surface area contributed by atoms with Crippen LogP contribution in [-0.2, 0) is 22.6 Å². The van der Waals surface area contributed by atoms with Crippen LogP contribution < -0.4 is 9.47 Å². The molecule has 42 heavy (non-hydrogen) atoms.